The van der Waals surface area contributed by atoms with Gasteiger partial charge in [-0.05, 0) is 42.8 Å². The fourth-order valence-corrected chi connectivity index (χ4v) is 2.68. The number of amides is 1. The lowest BCUT2D eigenvalue weighted by molar-refractivity contribution is -0.137. The molecule has 26 heavy (non-hydrogen) atoms. The minimum Gasteiger partial charge on any atom is -0.463 e. The predicted octanol–water partition coefficient (Wildman–Crippen LogP) is 4.27. The van der Waals surface area contributed by atoms with E-state index in [-0.39, 0.29) is 16.6 Å². The molecule has 0 aromatic heterocycles. The van der Waals surface area contributed by atoms with Crippen molar-refractivity contribution in [3.8, 4) is 0 Å². The van der Waals surface area contributed by atoms with Crippen LogP contribution in [0.25, 0.3) is 6.08 Å². The van der Waals surface area contributed by atoms with Crippen LogP contribution in [0.5, 0.6) is 0 Å². The molecule has 1 N–H and O–H groups in total. The van der Waals surface area contributed by atoms with Crippen molar-refractivity contribution >= 4 is 35.4 Å². The molecule has 2 aromatic carbocycles. The van der Waals surface area contributed by atoms with Crippen molar-refractivity contribution in [3.05, 3.63) is 65.7 Å². The number of ether oxygens (including phenoxy) is 1. The quantitative estimate of drug-likeness (QED) is 0.445. The molecule has 2 aromatic rings. The molecule has 0 fully saturated rings. The maximum atomic E-state index is 13.5. The molecular weight excluding hydrogens is 360 g/mol. The lowest BCUT2D eigenvalue weighted by Gasteiger charge is -2.06. The van der Waals surface area contributed by atoms with Gasteiger partial charge in [-0.1, -0.05) is 12.1 Å². The second-order valence-corrected chi connectivity index (χ2v) is 6.14. The number of rotatable bonds is 7. The van der Waals surface area contributed by atoms with Gasteiger partial charge in [0.15, 0.2) is 0 Å². The van der Waals surface area contributed by atoms with Crippen LogP contribution < -0.4 is 5.32 Å². The highest BCUT2D eigenvalue weighted by molar-refractivity contribution is 8.00. The molecule has 136 valence electrons. The smallest absolute Gasteiger partial charge is 0.330 e. The van der Waals surface area contributed by atoms with Crippen LogP contribution in [0.2, 0.25) is 0 Å². The molecule has 0 atom stereocenters. The van der Waals surface area contributed by atoms with Gasteiger partial charge in [0.05, 0.1) is 12.4 Å². The van der Waals surface area contributed by atoms with Crippen LogP contribution in [0.1, 0.15) is 12.5 Å². The Bertz CT molecular complexity index is 807. The third-order valence-electron chi connectivity index (χ3n) is 3.15. The van der Waals surface area contributed by atoms with Crippen molar-refractivity contribution < 1.29 is 23.1 Å². The lowest BCUT2D eigenvalue weighted by Crippen LogP contribution is -2.14. The summed E-state index contributed by atoms with van der Waals surface area (Å²) in [4.78, 5) is 23.4. The molecule has 7 heteroatoms. The van der Waals surface area contributed by atoms with Crippen LogP contribution in [0.4, 0.5) is 14.5 Å². The standard InChI is InChI=1S/C19H17F2NO3S/c1-2-25-19(24)10-5-13-3-7-15(8-4-13)22-18(23)12-26-17-9-6-14(20)11-16(17)21/h3-11H,2,12H2,1H3,(H,22,23)/b10-5+. The molecule has 1 amide bonds. The zero-order chi connectivity index (χ0) is 18.9. The Morgan fingerprint density at radius 3 is 2.54 bits per heavy atom. The van der Waals surface area contributed by atoms with Gasteiger partial charge in [0.25, 0.3) is 0 Å². The highest BCUT2D eigenvalue weighted by atomic mass is 32.2. The highest BCUT2D eigenvalue weighted by Crippen LogP contribution is 2.22. The monoisotopic (exact) mass is 377 g/mol. The summed E-state index contributed by atoms with van der Waals surface area (Å²) in [6.07, 6.45) is 2.93. The summed E-state index contributed by atoms with van der Waals surface area (Å²) in [6.45, 7) is 2.04. The topological polar surface area (TPSA) is 55.4 Å². The fraction of sp³-hybridized carbons (Fsp3) is 0.158. The number of anilines is 1. The lowest BCUT2D eigenvalue weighted by atomic mass is 10.2. The van der Waals surface area contributed by atoms with E-state index in [1.54, 1.807) is 37.3 Å². The molecule has 0 aliphatic carbocycles. The van der Waals surface area contributed by atoms with Gasteiger partial charge in [0, 0.05) is 22.7 Å². The molecule has 0 unspecified atom stereocenters. The van der Waals surface area contributed by atoms with Crippen LogP contribution in [0.15, 0.2) is 53.4 Å². The number of hydrogen-bond acceptors (Lipinski definition) is 4. The first-order valence-electron chi connectivity index (χ1n) is 7.80. The van der Waals surface area contributed by atoms with Gasteiger partial charge < -0.3 is 10.1 Å². The van der Waals surface area contributed by atoms with Crippen LogP contribution in [0.3, 0.4) is 0 Å². The van der Waals surface area contributed by atoms with E-state index in [4.69, 9.17) is 4.74 Å². The Balaban J connectivity index is 1.86. The zero-order valence-electron chi connectivity index (χ0n) is 14.0. The predicted molar refractivity (Wildman–Crippen MR) is 97.8 cm³/mol. The molecular formula is C19H17F2NO3S. The molecule has 0 aliphatic rings. The van der Waals surface area contributed by atoms with E-state index < -0.39 is 17.6 Å². The second-order valence-electron chi connectivity index (χ2n) is 5.12. The van der Waals surface area contributed by atoms with Gasteiger partial charge in [0.1, 0.15) is 11.6 Å². The van der Waals surface area contributed by atoms with Crippen LogP contribution in [-0.2, 0) is 14.3 Å². The summed E-state index contributed by atoms with van der Waals surface area (Å²) in [5.41, 5.74) is 1.35. The molecule has 4 nitrogen and oxygen atoms in total. The molecule has 2 rings (SSSR count). The SMILES string of the molecule is CCOC(=O)/C=C/c1ccc(NC(=O)CSc2ccc(F)cc2F)cc1. The molecule has 0 spiro atoms. The first kappa shape index (κ1) is 19.7. The van der Waals surface area contributed by atoms with Crippen molar-refractivity contribution in [2.24, 2.45) is 0 Å². The molecule has 0 bridgehead atoms. The van der Waals surface area contributed by atoms with E-state index in [0.717, 1.165) is 29.5 Å². The largest absolute Gasteiger partial charge is 0.463 e. The van der Waals surface area contributed by atoms with Crippen molar-refractivity contribution in [1.82, 2.24) is 0 Å². The number of halogens is 2. The first-order chi connectivity index (χ1) is 12.5. The van der Waals surface area contributed by atoms with E-state index in [1.165, 1.54) is 12.1 Å². The van der Waals surface area contributed by atoms with E-state index in [1.807, 2.05) is 0 Å². The Morgan fingerprint density at radius 2 is 1.88 bits per heavy atom. The molecule has 0 saturated carbocycles. The van der Waals surface area contributed by atoms with Crippen molar-refractivity contribution in [2.45, 2.75) is 11.8 Å². The highest BCUT2D eigenvalue weighted by Gasteiger charge is 2.08. The van der Waals surface area contributed by atoms with E-state index in [9.17, 15) is 18.4 Å². The van der Waals surface area contributed by atoms with Gasteiger partial charge in [-0.2, -0.15) is 0 Å². The van der Waals surface area contributed by atoms with Gasteiger partial charge in [-0.15, -0.1) is 11.8 Å². The Labute approximate surface area is 154 Å². The minimum atomic E-state index is -0.694. The van der Waals surface area contributed by atoms with E-state index in [2.05, 4.69) is 5.32 Å². The Morgan fingerprint density at radius 1 is 1.15 bits per heavy atom. The zero-order valence-corrected chi connectivity index (χ0v) is 14.8. The number of benzene rings is 2. The third-order valence-corrected chi connectivity index (χ3v) is 4.19. The number of esters is 1. The normalized spacial score (nSPS) is 10.7. The summed E-state index contributed by atoms with van der Waals surface area (Å²) < 4.78 is 31.1. The van der Waals surface area contributed by atoms with Crippen LogP contribution >= 0.6 is 11.8 Å². The van der Waals surface area contributed by atoms with Gasteiger partial charge in [0.2, 0.25) is 5.91 Å². The average molecular weight is 377 g/mol. The molecule has 0 aliphatic heterocycles. The average Bonchev–Trinajstić information content (AvgIpc) is 2.61. The minimum absolute atomic E-state index is 0.00688. The summed E-state index contributed by atoms with van der Waals surface area (Å²) in [7, 11) is 0. The van der Waals surface area contributed by atoms with Crippen LogP contribution in [0, 0.1) is 11.6 Å². The summed E-state index contributed by atoms with van der Waals surface area (Å²) >= 11 is 0.986. The third kappa shape index (κ3) is 6.33. The number of nitrogens with one attached hydrogen (secondary N) is 1. The van der Waals surface area contributed by atoms with Gasteiger partial charge in [-0.3, -0.25) is 4.79 Å². The van der Waals surface area contributed by atoms with Crippen LogP contribution in [-0.4, -0.2) is 24.2 Å². The van der Waals surface area contributed by atoms with Crippen molar-refractivity contribution in [3.63, 3.8) is 0 Å². The number of hydrogen-bond donors (Lipinski definition) is 1. The number of carbonyl (C=O) groups excluding carboxylic acids is 2. The van der Waals surface area contributed by atoms with Crippen molar-refractivity contribution in [2.75, 3.05) is 17.7 Å². The molecule has 0 heterocycles. The van der Waals surface area contributed by atoms with E-state index >= 15 is 0 Å². The Kier molecular flexibility index (Phi) is 7.35. The van der Waals surface area contributed by atoms with Gasteiger partial charge in [-0.25, -0.2) is 13.6 Å². The van der Waals surface area contributed by atoms with E-state index in [0.29, 0.717) is 12.3 Å². The maximum Gasteiger partial charge on any atom is 0.330 e. The summed E-state index contributed by atoms with van der Waals surface area (Å²) in [5.74, 6) is -2.09. The van der Waals surface area contributed by atoms with Gasteiger partial charge >= 0.3 is 5.97 Å². The number of carbonyl (C=O) groups is 2. The summed E-state index contributed by atoms with van der Waals surface area (Å²) in [5, 5.41) is 2.68. The number of thioether (sulfide) groups is 1. The first-order valence-corrected chi connectivity index (χ1v) is 8.79. The fourth-order valence-electron chi connectivity index (χ4n) is 1.96. The Hall–Kier alpha value is -2.67. The maximum absolute atomic E-state index is 13.5. The summed E-state index contributed by atoms with van der Waals surface area (Å²) in [6, 6.07) is 10.1. The van der Waals surface area contributed by atoms with Crippen molar-refractivity contribution in [1.29, 1.82) is 0 Å². The molecule has 0 saturated heterocycles. The second kappa shape index (κ2) is 9.72. The molecule has 0 radical (unpaired) electrons.